The summed E-state index contributed by atoms with van der Waals surface area (Å²) in [7, 11) is -1.31. The number of aliphatic hydroxyl groups is 1. The smallest absolute Gasteiger partial charge is 0.243 e. The highest BCUT2D eigenvalue weighted by atomic mass is 32.2. The van der Waals surface area contributed by atoms with Crippen molar-refractivity contribution in [3.63, 3.8) is 0 Å². The first-order chi connectivity index (χ1) is 20.2. The minimum Gasteiger partial charge on any atom is -0.494 e. The summed E-state index contributed by atoms with van der Waals surface area (Å²) in [4.78, 5) is 12.5. The first-order valence-electron chi connectivity index (χ1n) is 13.3. The quantitative estimate of drug-likeness (QED) is 0.215. The van der Waals surface area contributed by atoms with Crippen molar-refractivity contribution in [3.05, 3.63) is 54.0 Å². The number of aryl methyl sites for hydroxylation is 1. The SMILES string of the molecule is C=NC(=NC=C(C)C)[C@H](OCC(C)(C)O)[C@@H](C)S(=O)(=O)Nc1nnc(-c2cncc(C)c2)n1-c1c(OC)cccc1OC. The van der Waals surface area contributed by atoms with Crippen LogP contribution in [0.25, 0.3) is 17.1 Å². The molecule has 14 heteroatoms. The first kappa shape index (κ1) is 33.4. The van der Waals surface area contributed by atoms with Crippen LogP contribution in [0.4, 0.5) is 5.95 Å². The summed E-state index contributed by atoms with van der Waals surface area (Å²) in [5, 5.41) is 17.6. The predicted molar refractivity (Wildman–Crippen MR) is 167 cm³/mol. The average molecular weight is 614 g/mol. The lowest BCUT2D eigenvalue weighted by atomic mass is 10.1. The van der Waals surface area contributed by atoms with E-state index in [2.05, 4.69) is 36.6 Å². The molecule has 43 heavy (non-hydrogen) atoms. The fourth-order valence-corrected chi connectivity index (χ4v) is 5.07. The lowest BCUT2D eigenvalue weighted by Gasteiger charge is -2.27. The number of allylic oxidation sites excluding steroid dienone is 1. The molecule has 2 atom stereocenters. The van der Waals surface area contributed by atoms with Gasteiger partial charge in [-0.1, -0.05) is 11.6 Å². The van der Waals surface area contributed by atoms with Crippen LogP contribution in [-0.4, -0.2) is 83.6 Å². The number of pyridine rings is 1. The van der Waals surface area contributed by atoms with Crippen molar-refractivity contribution in [2.75, 3.05) is 25.5 Å². The van der Waals surface area contributed by atoms with E-state index in [-0.39, 0.29) is 24.2 Å². The number of aliphatic imine (C=N–C) groups is 2. The van der Waals surface area contributed by atoms with Gasteiger partial charge in [-0.3, -0.25) is 14.3 Å². The molecule has 0 aliphatic heterocycles. The summed E-state index contributed by atoms with van der Waals surface area (Å²) in [6.07, 6.45) is 3.62. The van der Waals surface area contributed by atoms with Crippen LogP contribution in [-0.2, 0) is 14.8 Å². The Morgan fingerprint density at radius 2 is 1.84 bits per heavy atom. The van der Waals surface area contributed by atoms with Crippen molar-refractivity contribution in [1.82, 2.24) is 19.7 Å². The average Bonchev–Trinajstić information content (AvgIpc) is 3.35. The van der Waals surface area contributed by atoms with Gasteiger partial charge >= 0.3 is 0 Å². The van der Waals surface area contributed by atoms with Gasteiger partial charge in [0.05, 0.1) is 26.4 Å². The molecule has 3 aromatic rings. The second kappa shape index (κ2) is 13.9. The van der Waals surface area contributed by atoms with E-state index in [4.69, 9.17) is 14.2 Å². The molecule has 13 nitrogen and oxygen atoms in total. The van der Waals surface area contributed by atoms with Gasteiger partial charge in [0.1, 0.15) is 28.5 Å². The summed E-state index contributed by atoms with van der Waals surface area (Å²) < 4.78 is 49.2. The van der Waals surface area contributed by atoms with E-state index in [0.717, 1.165) is 11.1 Å². The molecule has 0 aliphatic rings. The van der Waals surface area contributed by atoms with Gasteiger partial charge in [-0.25, -0.2) is 18.4 Å². The molecule has 0 spiro atoms. The van der Waals surface area contributed by atoms with Crippen LogP contribution in [0.5, 0.6) is 11.5 Å². The van der Waals surface area contributed by atoms with E-state index < -0.39 is 27.0 Å². The fraction of sp³-hybridized carbons (Fsp3) is 0.414. The van der Waals surface area contributed by atoms with E-state index >= 15 is 0 Å². The summed E-state index contributed by atoms with van der Waals surface area (Å²) in [6.45, 7) is 13.4. The number of nitrogens with one attached hydrogen (secondary N) is 1. The molecule has 0 amide bonds. The lowest BCUT2D eigenvalue weighted by molar-refractivity contribution is -0.0345. The summed E-state index contributed by atoms with van der Waals surface area (Å²) in [6, 6.07) is 7.00. The van der Waals surface area contributed by atoms with Crippen molar-refractivity contribution >= 4 is 28.5 Å². The van der Waals surface area contributed by atoms with Gasteiger partial charge in [-0.15, -0.1) is 10.2 Å². The van der Waals surface area contributed by atoms with Gasteiger partial charge < -0.3 is 19.3 Å². The normalized spacial score (nSPS) is 13.7. The number of methoxy groups -OCH3 is 2. The molecular formula is C29H39N7O6S. The molecule has 0 saturated heterocycles. The fourth-order valence-electron chi connectivity index (χ4n) is 3.97. The predicted octanol–water partition coefficient (Wildman–Crippen LogP) is 3.96. The Morgan fingerprint density at radius 1 is 1.19 bits per heavy atom. The third-order valence-electron chi connectivity index (χ3n) is 6.06. The van der Waals surface area contributed by atoms with Gasteiger partial charge in [0.2, 0.25) is 16.0 Å². The van der Waals surface area contributed by atoms with Crippen LogP contribution in [0.3, 0.4) is 0 Å². The number of ether oxygens (including phenoxy) is 3. The molecule has 0 saturated carbocycles. The monoisotopic (exact) mass is 613 g/mol. The van der Waals surface area contributed by atoms with Gasteiger partial charge in [0, 0.05) is 24.2 Å². The number of benzene rings is 1. The highest BCUT2D eigenvalue weighted by molar-refractivity contribution is 7.93. The summed E-state index contributed by atoms with van der Waals surface area (Å²) in [5.74, 6) is 0.947. The molecule has 2 heterocycles. The number of para-hydroxylation sites is 1. The molecular weight excluding hydrogens is 574 g/mol. The molecule has 2 N–H and O–H groups in total. The number of hydrogen-bond donors (Lipinski definition) is 2. The molecule has 0 fully saturated rings. The Balaban J connectivity index is 2.19. The second-order valence-electron chi connectivity index (χ2n) is 10.7. The minimum atomic E-state index is -4.29. The van der Waals surface area contributed by atoms with E-state index in [1.807, 2.05) is 26.8 Å². The van der Waals surface area contributed by atoms with E-state index in [0.29, 0.717) is 22.7 Å². The molecule has 0 aliphatic carbocycles. The Hall–Kier alpha value is -4.14. The van der Waals surface area contributed by atoms with Gasteiger partial charge in [0.25, 0.3) is 0 Å². The molecule has 2 aromatic heterocycles. The topological polar surface area (TPSA) is 162 Å². The molecule has 1 aromatic carbocycles. The van der Waals surface area contributed by atoms with Gasteiger partial charge in [-0.2, -0.15) is 0 Å². The zero-order valence-corrected chi connectivity index (χ0v) is 26.5. The number of aromatic nitrogens is 4. The Labute approximate surface area is 252 Å². The Kier molecular flexibility index (Phi) is 10.8. The third-order valence-corrected chi connectivity index (χ3v) is 7.75. The molecule has 232 valence electrons. The number of sulfonamides is 1. The third kappa shape index (κ3) is 8.24. The first-order valence-corrected chi connectivity index (χ1v) is 14.9. The number of nitrogens with zero attached hydrogens (tertiary/aromatic N) is 6. The maximum absolute atomic E-state index is 14.0. The Bertz CT molecular complexity index is 1580. The lowest BCUT2D eigenvalue weighted by Crippen LogP contribution is -2.44. The summed E-state index contributed by atoms with van der Waals surface area (Å²) >= 11 is 0. The number of amidine groups is 1. The molecule has 3 rings (SSSR count). The van der Waals surface area contributed by atoms with Crippen molar-refractivity contribution in [1.29, 1.82) is 0 Å². The van der Waals surface area contributed by atoms with Gasteiger partial charge in [0.15, 0.2) is 11.7 Å². The van der Waals surface area contributed by atoms with E-state index in [1.54, 1.807) is 44.4 Å². The minimum absolute atomic E-state index is 0.0303. The number of rotatable bonds is 13. The van der Waals surface area contributed by atoms with Crippen molar-refractivity contribution < 1.29 is 27.7 Å². The highest BCUT2D eigenvalue weighted by Crippen LogP contribution is 2.38. The zero-order chi connectivity index (χ0) is 31.9. The van der Waals surface area contributed by atoms with Crippen molar-refractivity contribution in [2.24, 2.45) is 9.98 Å². The van der Waals surface area contributed by atoms with Crippen molar-refractivity contribution in [3.8, 4) is 28.6 Å². The zero-order valence-electron chi connectivity index (χ0n) is 25.7. The largest absolute Gasteiger partial charge is 0.494 e. The van der Waals surface area contributed by atoms with Crippen LogP contribution >= 0.6 is 0 Å². The maximum atomic E-state index is 14.0. The number of hydrogen-bond acceptors (Lipinski definition) is 10. The Morgan fingerprint density at radius 3 is 2.37 bits per heavy atom. The van der Waals surface area contributed by atoms with Gasteiger partial charge in [-0.05, 0) is 72.0 Å². The van der Waals surface area contributed by atoms with E-state index in [1.165, 1.54) is 31.9 Å². The second-order valence-corrected chi connectivity index (χ2v) is 12.7. The van der Waals surface area contributed by atoms with Crippen LogP contribution in [0.15, 0.2) is 58.4 Å². The molecule has 0 unspecified atom stereocenters. The standard InChI is InChI=1S/C29H39N7O6S/c1-18(2)14-32-26(30-7)25(42-17-29(5,6)37)20(4)43(38,39)35-28-34-33-27(21-13-19(3)15-31-16-21)36(28)24-22(40-8)11-10-12-23(24)41-9/h10-16,20,25,37H,7,17H2,1-6,8-9H3,(H,34,35)/t20-,25-/m1/s1. The van der Waals surface area contributed by atoms with Crippen LogP contribution in [0, 0.1) is 6.92 Å². The maximum Gasteiger partial charge on any atom is 0.243 e. The van der Waals surface area contributed by atoms with Crippen LogP contribution < -0.4 is 14.2 Å². The highest BCUT2D eigenvalue weighted by Gasteiger charge is 2.37. The molecule has 0 radical (unpaired) electrons. The van der Waals surface area contributed by atoms with E-state index in [9.17, 15) is 13.5 Å². The molecule has 0 bridgehead atoms. The number of anilines is 1. The van der Waals surface area contributed by atoms with Crippen LogP contribution in [0.2, 0.25) is 0 Å². The van der Waals surface area contributed by atoms with Crippen LogP contribution in [0.1, 0.15) is 40.2 Å². The van der Waals surface area contributed by atoms with Crippen molar-refractivity contribution in [2.45, 2.75) is 58.5 Å². The summed E-state index contributed by atoms with van der Waals surface area (Å²) in [5.41, 5.74) is 1.41.